The number of rotatable bonds is 7. The van der Waals surface area contributed by atoms with E-state index in [1.807, 2.05) is 0 Å². The third-order valence-corrected chi connectivity index (χ3v) is 3.25. The number of carbonyl (C=O) groups excluding carboxylic acids is 2. The van der Waals surface area contributed by atoms with Crippen LogP contribution in [-0.2, 0) is 4.79 Å². The molecular weight excluding hydrogens is 263 g/mol. The van der Waals surface area contributed by atoms with Gasteiger partial charge in [-0.1, -0.05) is 13.8 Å². The lowest BCUT2D eigenvalue weighted by Gasteiger charge is -2.14. The number of alkyl halides is 1. The first kappa shape index (κ1) is 16.1. The number of ether oxygens (including phenoxy) is 2. The molecule has 5 heteroatoms. The van der Waals surface area contributed by atoms with Gasteiger partial charge in [0.1, 0.15) is 11.5 Å². The highest BCUT2D eigenvalue weighted by atomic mass is 19.1. The predicted octanol–water partition coefficient (Wildman–Crippen LogP) is 2.84. The normalized spacial score (nSPS) is 13.4. The minimum absolute atomic E-state index is 0.0102. The second-order valence-electron chi connectivity index (χ2n) is 4.50. The summed E-state index contributed by atoms with van der Waals surface area (Å²) in [5.74, 6) is -1.48. The zero-order chi connectivity index (χ0) is 15.3. The van der Waals surface area contributed by atoms with Crippen LogP contribution in [0.15, 0.2) is 18.2 Å². The van der Waals surface area contributed by atoms with Gasteiger partial charge in [0.2, 0.25) is 12.0 Å². The SMILES string of the molecule is CCC(C)C(=O)C(F)C(=O)c1cc(OC)ccc1OC. The first-order valence-electron chi connectivity index (χ1n) is 6.40. The van der Waals surface area contributed by atoms with Crippen LogP contribution in [0.2, 0.25) is 0 Å². The highest BCUT2D eigenvalue weighted by Gasteiger charge is 2.31. The van der Waals surface area contributed by atoms with Crippen LogP contribution in [0.1, 0.15) is 30.6 Å². The van der Waals surface area contributed by atoms with Crippen LogP contribution < -0.4 is 9.47 Å². The number of Topliss-reactive ketones (excluding diaryl/α,β-unsaturated/α-hetero) is 2. The molecule has 1 aromatic rings. The monoisotopic (exact) mass is 282 g/mol. The fourth-order valence-corrected chi connectivity index (χ4v) is 1.72. The topological polar surface area (TPSA) is 52.6 Å². The van der Waals surface area contributed by atoms with Crippen molar-refractivity contribution < 1.29 is 23.5 Å². The molecule has 0 saturated carbocycles. The summed E-state index contributed by atoms with van der Waals surface area (Å²) in [5, 5.41) is 0. The lowest BCUT2D eigenvalue weighted by Crippen LogP contribution is -2.30. The van der Waals surface area contributed by atoms with Crippen LogP contribution in [0.3, 0.4) is 0 Å². The summed E-state index contributed by atoms with van der Waals surface area (Å²) < 4.78 is 24.1. The molecule has 0 aliphatic carbocycles. The standard InChI is InChI=1S/C15H19FO4/c1-5-9(2)14(17)13(16)15(18)11-8-10(19-3)6-7-12(11)20-4/h6-9,13H,5H2,1-4H3. The fourth-order valence-electron chi connectivity index (χ4n) is 1.72. The summed E-state index contributed by atoms with van der Waals surface area (Å²) in [7, 11) is 2.82. The molecule has 0 N–H and O–H groups in total. The second kappa shape index (κ2) is 7.03. The number of hydrogen-bond donors (Lipinski definition) is 0. The molecule has 1 rings (SSSR count). The van der Waals surface area contributed by atoms with E-state index in [1.54, 1.807) is 19.9 Å². The molecule has 0 fully saturated rings. The zero-order valence-electron chi connectivity index (χ0n) is 12.1. The summed E-state index contributed by atoms with van der Waals surface area (Å²) >= 11 is 0. The maximum absolute atomic E-state index is 14.1. The maximum atomic E-state index is 14.1. The molecular formula is C15H19FO4. The molecule has 0 radical (unpaired) electrons. The quantitative estimate of drug-likeness (QED) is 0.570. The van der Waals surface area contributed by atoms with Gasteiger partial charge in [-0.3, -0.25) is 9.59 Å². The minimum atomic E-state index is -2.18. The lowest BCUT2D eigenvalue weighted by atomic mass is 9.94. The molecule has 0 bridgehead atoms. The van der Waals surface area contributed by atoms with Gasteiger partial charge in [-0.25, -0.2) is 4.39 Å². The van der Waals surface area contributed by atoms with Gasteiger partial charge in [0.05, 0.1) is 19.8 Å². The van der Waals surface area contributed by atoms with Gasteiger partial charge < -0.3 is 9.47 Å². The first-order chi connectivity index (χ1) is 9.46. The Morgan fingerprint density at radius 1 is 1.25 bits per heavy atom. The summed E-state index contributed by atoms with van der Waals surface area (Å²) in [6, 6.07) is 4.48. The average Bonchev–Trinajstić information content (AvgIpc) is 2.50. The van der Waals surface area contributed by atoms with Gasteiger partial charge in [-0.05, 0) is 24.6 Å². The third kappa shape index (κ3) is 3.35. The molecule has 110 valence electrons. The van der Waals surface area contributed by atoms with Crippen LogP contribution in [0, 0.1) is 5.92 Å². The van der Waals surface area contributed by atoms with Crippen molar-refractivity contribution >= 4 is 11.6 Å². The Balaban J connectivity index is 3.10. The second-order valence-corrected chi connectivity index (χ2v) is 4.50. The molecule has 0 spiro atoms. The smallest absolute Gasteiger partial charge is 0.221 e. The van der Waals surface area contributed by atoms with Crippen LogP contribution in [0.5, 0.6) is 11.5 Å². The Morgan fingerprint density at radius 2 is 1.90 bits per heavy atom. The Morgan fingerprint density at radius 3 is 2.40 bits per heavy atom. The van der Waals surface area contributed by atoms with Crippen LogP contribution in [-0.4, -0.2) is 32.0 Å². The molecule has 1 aromatic carbocycles. The Labute approximate surface area is 117 Å². The van der Waals surface area contributed by atoms with Crippen LogP contribution in [0.4, 0.5) is 4.39 Å². The van der Waals surface area contributed by atoms with Crippen molar-refractivity contribution in [3.05, 3.63) is 23.8 Å². The van der Waals surface area contributed by atoms with Crippen molar-refractivity contribution in [2.24, 2.45) is 5.92 Å². The Kier molecular flexibility index (Phi) is 5.67. The van der Waals surface area contributed by atoms with E-state index in [0.29, 0.717) is 12.2 Å². The van der Waals surface area contributed by atoms with Gasteiger partial charge >= 0.3 is 0 Å². The largest absolute Gasteiger partial charge is 0.497 e. The summed E-state index contributed by atoms with van der Waals surface area (Å²) in [4.78, 5) is 23.9. The number of hydrogen-bond acceptors (Lipinski definition) is 4. The van der Waals surface area contributed by atoms with Gasteiger partial charge in [-0.2, -0.15) is 0 Å². The number of ketones is 2. The maximum Gasteiger partial charge on any atom is 0.221 e. The highest BCUT2D eigenvalue weighted by molar-refractivity contribution is 6.14. The molecule has 0 amide bonds. The van der Waals surface area contributed by atoms with Crippen molar-refractivity contribution in [3.63, 3.8) is 0 Å². The molecule has 0 aromatic heterocycles. The minimum Gasteiger partial charge on any atom is -0.497 e. The number of benzene rings is 1. The predicted molar refractivity (Wildman–Crippen MR) is 73.2 cm³/mol. The fraction of sp³-hybridized carbons (Fsp3) is 0.467. The molecule has 0 aliphatic rings. The van der Waals surface area contributed by atoms with Crippen LogP contribution >= 0.6 is 0 Å². The Hall–Kier alpha value is -1.91. The average molecular weight is 282 g/mol. The van der Waals surface area contributed by atoms with E-state index in [4.69, 9.17) is 9.47 Å². The van der Waals surface area contributed by atoms with E-state index in [1.165, 1.54) is 26.4 Å². The van der Waals surface area contributed by atoms with Crippen molar-refractivity contribution in [3.8, 4) is 11.5 Å². The van der Waals surface area contributed by atoms with Gasteiger partial charge in [0.25, 0.3) is 0 Å². The van der Waals surface area contributed by atoms with E-state index >= 15 is 0 Å². The van der Waals surface area contributed by atoms with E-state index in [9.17, 15) is 14.0 Å². The zero-order valence-corrected chi connectivity index (χ0v) is 12.1. The van der Waals surface area contributed by atoms with E-state index in [2.05, 4.69) is 0 Å². The summed E-state index contributed by atoms with van der Waals surface area (Å²) in [5.41, 5.74) is 0.0102. The van der Waals surface area contributed by atoms with Crippen LogP contribution in [0.25, 0.3) is 0 Å². The number of carbonyl (C=O) groups is 2. The number of halogens is 1. The van der Waals surface area contributed by atoms with Gasteiger partial charge in [-0.15, -0.1) is 0 Å². The number of methoxy groups -OCH3 is 2. The first-order valence-corrected chi connectivity index (χ1v) is 6.40. The lowest BCUT2D eigenvalue weighted by molar-refractivity contribution is -0.125. The molecule has 2 atom stereocenters. The van der Waals surface area contributed by atoms with Crippen molar-refractivity contribution in [2.45, 2.75) is 26.4 Å². The van der Waals surface area contributed by atoms with Crippen molar-refractivity contribution in [1.29, 1.82) is 0 Å². The van der Waals surface area contributed by atoms with E-state index in [-0.39, 0.29) is 11.3 Å². The van der Waals surface area contributed by atoms with Gasteiger partial charge in [0, 0.05) is 5.92 Å². The van der Waals surface area contributed by atoms with Gasteiger partial charge in [0.15, 0.2) is 5.78 Å². The summed E-state index contributed by atoms with van der Waals surface area (Å²) in [6.45, 7) is 3.37. The molecule has 0 heterocycles. The summed E-state index contributed by atoms with van der Waals surface area (Å²) in [6.07, 6.45) is -1.69. The third-order valence-electron chi connectivity index (χ3n) is 3.25. The molecule has 0 saturated heterocycles. The molecule has 20 heavy (non-hydrogen) atoms. The molecule has 2 unspecified atom stereocenters. The van der Waals surface area contributed by atoms with Crippen molar-refractivity contribution in [1.82, 2.24) is 0 Å². The van der Waals surface area contributed by atoms with E-state index < -0.39 is 23.7 Å². The molecule has 4 nitrogen and oxygen atoms in total. The van der Waals surface area contributed by atoms with Crippen molar-refractivity contribution in [2.75, 3.05) is 14.2 Å². The molecule has 0 aliphatic heterocycles. The highest BCUT2D eigenvalue weighted by Crippen LogP contribution is 2.26. The van der Waals surface area contributed by atoms with E-state index in [0.717, 1.165) is 0 Å². The Bertz CT molecular complexity index is 499.